The normalized spacial score (nSPS) is 21.5. The molecule has 344 valence electrons. The lowest BCUT2D eigenvalue weighted by Gasteiger charge is -2.56. The first kappa shape index (κ1) is 43.4. The molecule has 2 atom stereocenters. The Labute approximate surface area is 380 Å². The lowest BCUT2D eigenvalue weighted by atomic mass is 9.59. The van der Waals surface area contributed by atoms with Crippen molar-refractivity contribution in [2.45, 2.75) is 81.3 Å². The Morgan fingerprint density at radius 3 is 2.62 bits per heavy atom. The number of ether oxygens (including phenoxy) is 3. The van der Waals surface area contributed by atoms with Gasteiger partial charge >= 0.3 is 0 Å². The van der Waals surface area contributed by atoms with Crippen molar-refractivity contribution in [2.24, 2.45) is 5.41 Å². The number of hydrogen-bond acceptors (Lipinski definition) is 14. The van der Waals surface area contributed by atoms with Crippen LogP contribution in [0.5, 0.6) is 17.2 Å². The molecule has 2 aromatic carbocycles. The van der Waals surface area contributed by atoms with Crippen LogP contribution in [-0.2, 0) is 14.8 Å². The van der Waals surface area contributed by atoms with E-state index in [1.54, 1.807) is 30.7 Å². The number of carbonyl (C=O) groups is 1. The number of nitrogens with zero attached hydrogens (tertiary/aromatic N) is 6. The van der Waals surface area contributed by atoms with E-state index in [9.17, 15) is 18.4 Å². The smallest absolute Gasteiger partial charge is 0.287 e. The summed E-state index contributed by atoms with van der Waals surface area (Å²) in [6.45, 7) is 11.3. The van der Waals surface area contributed by atoms with E-state index >= 15 is 0 Å². The molecule has 3 aromatic heterocycles. The number of piperidine rings is 1. The van der Waals surface area contributed by atoms with Gasteiger partial charge < -0.3 is 29.4 Å². The average molecular weight is 906 g/mol. The van der Waals surface area contributed by atoms with Gasteiger partial charge in [-0.25, -0.2) is 23.1 Å². The van der Waals surface area contributed by atoms with Crippen molar-refractivity contribution >= 4 is 44.0 Å². The van der Waals surface area contributed by atoms with Gasteiger partial charge in [0.15, 0.2) is 11.4 Å². The maximum atomic E-state index is 14.1. The quantitative estimate of drug-likeness (QED) is 0.0950. The fraction of sp³-hybridized carbons (Fsp3) is 0.479. The summed E-state index contributed by atoms with van der Waals surface area (Å²) in [5.74, 6) is 0.223. The number of rotatable bonds is 12. The van der Waals surface area contributed by atoms with Crippen LogP contribution >= 0.6 is 0 Å². The summed E-state index contributed by atoms with van der Waals surface area (Å²) in [5.41, 5.74) is 5.16. The second kappa shape index (κ2) is 17.7. The molecular formula is C48H59N9O7S. The first-order chi connectivity index (χ1) is 31.4. The number of aromatic nitrogens is 3. The van der Waals surface area contributed by atoms with Crippen LogP contribution in [0.3, 0.4) is 0 Å². The average Bonchev–Trinajstić information content (AvgIpc) is 3.98. The molecule has 65 heavy (non-hydrogen) atoms. The first-order valence-corrected chi connectivity index (χ1v) is 24.5. The number of amides is 1. The molecule has 4 fully saturated rings. The highest BCUT2D eigenvalue weighted by atomic mass is 32.2. The van der Waals surface area contributed by atoms with Crippen LogP contribution < -0.4 is 29.5 Å². The van der Waals surface area contributed by atoms with E-state index in [2.05, 4.69) is 77.8 Å². The topological polar surface area (TPSA) is 178 Å². The molecule has 17 heteroatoms. The molecule has 1 aliphatic carbocycles. The molecule has 1 spiro atoms. The second-order valence-corrected chi connectivity index (χ2v) is 20.5. The Balaban J connectivity index is 0.852. The summed E-state index contributed by atoms with van der Waals surface area (Å²) in [4.78, 5) is 33.3. The van der Waals surface area contributed by atoms with Crippen molar-refractivity contribution in [1.82, 2.24) is 29.5 Å². The number of H-pyrrole nitrogens is 1. The SMILES string of the molecule is CC(C)c1ccccc1[C@@H]1CCCN1C1CC2(CCN(c3cnc(C(=O)NS(=O)(=O)c4cc5c(c(N(C)O)c4)N[C@@H](CN4CCOCC4)CO5)c(Oc4cnc5[nH]ccc5c4)c3)CC2)C1. The Bertz CT molecular complexity index is 2650. The maximum Gasteiger partial charge on any atom is 0.287 e. The van der Waals surface area contributed by atoms with Gasteiger partial charge in [0.2, 0.25) is 0 Å². The largest absolute Gasteiger partial charge is 0.489 e. The number of anilines is 3. The van der Waals surface area contributed by atoms with E-state index < -0.39 is 15.9 Å². The van der Waals surface area contributed by atoms with E-state index in [1.807, 2.05) is 6.07 Å². The van der Waals surface area contributed by atoms with Gasteiger partial charge in [-0.2, -0.15) is 0 Å². The summed E-state index contributed by atoms with van der Waals surface area (Å²) in [6.07, 6.45) is 11.9. The number of nitrogens with one attached hydrogen (secondary N) is 3. The van der Waals surface area contributed by atoms with Crippen LogP contribution in [0.2, 0.25) is 0 Å². The second-order valence-electron chi connectivity index (χ2n) is 18.8. The molecule has 5 aliphatic rings. The highest BCUT2D eigenvalue weighted by molar-refractivity contribution is 7.90. The zero-order valence-corrected chi connectivity index (χ0v) is 38.1. The fourth-order valence-electron chi connectivity index (χ4n) is 10.8. The summed E-state index contributed by atoms with van der Waals surface area (Å²) < 4.78 is 48.2. The van der Waals surface area contributed by atoms with E-state index in [0.717, 1.165) is 61.7 Å². The van der Waals surface area contributed by atoms with E-state index in [1.165, 1.54) is 56.0 Å². The minimum Gasteiger partial charge on any atom is -0.489 e. The standard InChI is InChI=1S/C48H59N9O7S/c1-31(2)38-7-4-5-8-39(38)40-9-6-14-57(40)35-25-48(26-35)11-15-56(16-12-48)34-22-43(64-36-21-32-10-13-49-46(32)51-28-36)45(50-27-34)47(58)53-65(60,61)37-23-41(54(3)59)44-42(24-37)63-30-33(52-44)29-55-17-19-62-20-18-55/h4-5,7-8,10,13,21-24,27-28,31,33,35,40,52,59H,6,9,11-12,14-20,25-26,29-30H2,1-3H3,(H,49,51)(H,53,58)/t33-,40-/m0/s1. The number of aromatic amines is 1. The molecule has 16 nitrogen and oxygen atoms in total. The Kier molecular flexibility index (Phi) is 11.9. The van der Waals surface area contributed by atoms with Gasteiger partial charge in [-0.3, -0.25) is 24.9 Å². The van der Waals surface area contributed by atoms with Crippen LogP contribution in [0.4, 0.5) is 17.1 Å². The van der Waals surface area contributed by atoms with Crippen molar-refractivity contribution in [3.63, 3.8) is 0 Å². The van der Waals surface area contributed by atoms with Gasteiger partial charge in [-0.15, -0.1) is 0 Å². The molecule has 0 unspecified atom stereocenters. The number of likely N-dealkylation sites (tertiary alicyclic amines) is 1. The molecule has 1 amide bonds. The Morgan fingerprint density at radius 1 is 1.03 bits per heavy atom. The van der Waals surface area contributed by atoms with Crippen molar-refractivity contribution in [2.75, 3.05) is 81.4 Å². The minimum atomic E-state index is -4.51. The van der Waals surface area contributed by atoms with Crippen molar-refractivity contribution < 1.29 is 32.6 Å². The van der Waals surface area contributed by atoms with Crippen molar-refractivity contribution in [1.29, 1.82) is 0 Å². The summed E-state index contributed by atoms with van der Waals surface area (Å²) in [5, 5.41) is 15.7. The summed E-state index contributed by atoms with van der Waals surface area (Å²) in [7, 11) is -3.12. The number of morpholine rings is 1. The van der Waals surface area contributed by atoms with Crippen LogP contribution in [0.25, 0.3) is 11.0 Å². The molecule has 4 aliphatic heterocycles. The van der Waals surface area contributed by atoms with Crippen molar-refractivity contribution in [3.05, 3.63) is 90.0 Å². The first-order valence-electron chi connectivity index (χ1n) is 23.0. The third kappa shape index (κ3) is 8.83. The molecule has 10 rings (SSSR count). The number of sulfonamides is 1. The van der Waals surface area contributed by atoms with Gasteiger partial charge in [-0.1, -0.05) is 38.1 Å². The molecule has 0 radical (unpaired) electrons. The lowest BCUT2D eigenvalue weighted by Crippen LogP contribution is -2.55. The molecule has 5 aromatic rings. The van der Waals surface area contributed by atoms with Gasteiger partial charge in [0.1, 0.15) is 29.4 Å². The molecule has 4 N–H and O–H groups in total. The van der Waals surface area contributed by atoms with Gasteiger partial charge in [0.25, 0.3) is 15.9 Å². The van der Waals surface area contributed by atoms with Gasteiger partial charge in [-0.05, 0) is 85.7 Å². The highest BCUT2D eigenvalue weighted by Gasteiger charge is 2.50. The van der Waals surface area contributed by atoms with Gasteiger partial charge in [0, 0.05) is 75.6 Å². The number of fused-ring (bicyclic) bond motifs is 2. The highest BCUT2D eigenvalue weighted by Crippen LogP contribution is 2.54. The third-order valence-corrected chi connectivity index (χ3v) is 15.5. The number of hydrogen-bond donors (Lipinski definition) is 4. The van der Waals surface area contributed by atoms with E-state index in [4.69, 9.17) is 14.2 Å². The molecular weight excluding hydrogens is 847 g/mol. The number of hydroxylamine groups is 1. The predicted molar refractivity (Wildman–Crippen MR) is 248 cm³/mol. The monoisotopic (exact) mass is 905 g/mol. The van der Waals surface area contributed by atoms with Crippen molar-refractivity contribution in [3.8, 4) is 17.2 Å². The van der Waals surface area contributed by atoms with E-state index in [0.29, 0.717) is 60.3 Å². The zero-order chi connectivity index (χ0) is 44.9. The Hall–Kier alpha value is -5.46. The van der Waals surface area contributed by atoms with Gasteiger partial charge in [0.05, 0.1) is 47.9 Å². The zero-order valence-electron chi connectivity index (χ0n) is 37.3. The lowest BCUT2D eigenvalue weighted by molar-refractivity contribution is -0.0228. The Morgan fingerprint density at radius 2 is 1.83 bits per heavy atom. The molecule has 1 saturated carbocycles. The molecule has 7 heterocycles. The molecule has 0 bridgehead atoms. The van der Waals surface area contributed by atoms with Crippen LogP contribution in [0, 0.1) is 5.41 Å². The van der Waals surface area contributed by atoms with Crippen LogP contribution in [-0.4, -0.2) is 123 Å². The van der Waals surface area contributed by atoms with Crippen LogP contribution in [0.15, 0.2) is 78.1 Å². The van der Waals surface area contributed by atoms with Crippen LogP contribution in [0.1, 0.15) is 85.9 Å². The third-order valence-electron chi connectivity index (χ3n) is 14.2. The fourth-order valence-corrected chi connectivity index (χ4v) is 11.8. The predicted octanol–water partition coefficient (Wildman–Crippen LogP) is 6.91. The van der Waals surface area contributed by atoms with E-state index in [-0.39, 0.29) is 40.4 Å². The number of benzene rings is 2. The number of pyridine rings is 2. The summed E-state index contributed by atoms with van der Waals surface area (Å²) in [6, 6.07) is 18.1. The minimum absolute atomic E-state index is 0.0951. The maximum absolute atomic E-state index is 14.1. The number of carbonyl (C=O) groups excluding carboxylic acids is 1. The summed E-state index contributed by atoms with van der Waals surface area (Å²) >= 11 is 0. The molecule has 3 saturated heterocycles.